The molecule has 0 bridgehead atoms. The Balaban J connectivity index is 1.43. The minimum absolute atomic E-state index is 0.0654. The van der Waals surface area contributed by atoms with E-state index in [0.29, 0.717) is 19.4 Å². The van der Waals surface area contributed by atoms with E-state index in [1.165, 1.54) is 4.90 Å². The third-order valence-electron chi connectivity index (χ3n) is 6.44. The highest BCUT2D eigenvalue weighted by atomic mass is 16.2. The normalized spacial score (nSPS) is 29.3. The molecule has 144 valence electrons. The summed E-state index contributed by atoms with van der Waals surface area (Å²) in [5.41, 5.74) is -0.718. The van der Waals surface area contributed by atoms with Gasteiger partial charge >= 0.3 is 6.03 Å². The van der Waals surface area contributed by atoms with Crippen LogP contribution in [0, 0.1) is 5.92 Å². The van der Waals surface area contributed by atoms with Gasteiger partial charge < -0.3 is 15.1 Å². The maximum absolute atomic E-state index is 13.2. The fourth-order valence-corrected chi connectivity index (χ4v) is 4.74. The second-order valence-corrected chi connectivity index (χ2v) is 8.38. The predicted octanol–water partition coefficient (Wildman–Crippen LogP) is 1.18. The Kier molecular flexibility index (Phi) is 4.67. The average molecular weight is 362 g/mol. The number of rotatable bonds is 4. The number of amides is 4. The van der Waals surface area contributed by atoms with E-state index < -0.39 is 5.54 Å². The van der Waals surface area contributed by atoms with Gasteiger partial charge in [-0.3, -0.25) is 14.5 Å². The molecular formula is C19H30N4O3. The second kappa shape index (κ2) is 6.83. The van der Waals surface area contributed by atoms with Gasteiger partial charge in [0.05, 0.1) is 6.04 Å². The van der Waals surface area contributed by atoms with Crippen LogP contribution in [0.5, 0.6) is 0 Å². The number of hydrogen-bond donors (Lipinski definition) is 1. The second-order valence-electron chi connectivity index (χ2n) is 8.38. The number of imide groups is 1. The van der Waals surface area contributed by atoms with E-state index in [0.717, 1.165) is 58.3 Å². The van der Waals surface area contributed by atoms with Crippen molar-refractivity contribution in [3.8, 4) is 0 Å². The summed E-state index contributed by atoms with van der Waals surface area (Å²) < 4.78 is 0. The van der Waals surface area contributed by atoms with E-state index in [1.54, 1.807) is 0 Å². The fourth-order valence-electron chi connectivity index (χ4n) is 4.74. The van der Waals surface area contributed by atoms with Gasteiger partial charge in [-0.2, -0.15) is 0 Å². The van der Waals surface area contributed by atoms with Crippen molar-refractivity contribution in [3.05, 3.63) is 0 Å². The molecule has 0 radical (unpaired) electrons. The highest BCUT2D eigenvalue weighted by Crippen LogP contribution is 2.35. The zero-order valence-electron chi connectivity index (χ0n) is 15.7. The van der Waals surface area contributed by atoms with Gasteiger partial charge in [-0.25, -0.2) is 4.79 Å². The molecule has 7 nitrogen and oxygen atoms in total. The molecule has 1 saturated carbocycles. The number of nitrogens with zero attached hydrogens (tertiary/aromatic N) is 3. The first-order chi connectivity index (χ1) is 12.5. The summed E-state index contributed by atoms with van der Waals surface area (Å²) in [5.74, 6) is 0.333. The predicted molar refractivity (Wildman–Crippen MR) is 96.4 cm³/mol. The van der Waals surface area contributed by atoms with Gasteiger partial charge in [0.25, 0.3) is 5.91 Å². The van der Waals surface area contributed by atoms with Crippen molar-refractivity contribution in [3.63, 3.8) is 0 Å². The van der Waals surface area contributed by atoms with Crippen LogP contribution < -0.4 is 5.32 Å². The lowest BCUT2D eigenvalue weighted by atomic mass is 9.87. The molecule has 1 aliphatic carbocycles. The van der Waals surface area contributed by atoms with Crippen LogP contribution in [-0.4, -0.2) is 76.8 Å². The lowest BCUT2D eigenvalue weighted by Crippen LogP contribution is -2.56. The maximum atomic E-state index is 13.2. The lowest BCUT2D eigenvalue weighted by Gasteiger charge is -2.39. The average Bonchev–Trinajstić information content (AvgIpc) is 3.45. The molecule has 1 spiro atoms. The number of carbonyl (C=O) groups excluding carboxylic acids is 3. The molecular weight excluding hydrogens is 332 g/mol. The number of likely N-dealkylation sites (tertiary alicyclic amines) is 2. The summed E-state index contributed by atoms with van der Waals surface area (Å²) in [6.07, 6.45) is 6.10. The Morgan fingerprint density at radius 1 is 1.15 bits per heavy atom. The molecule has 4 amide bonds. The van der Waals surface area contributed by atoms with Crippen LogP contribution in [0.2, 0.25) is 0 Å². The fraction of sp³-hybridized carbons (Fsp3) is 0.842. The summed E-state index contributed by atoms with van der Waals surface area (Å²) in [6, 6.07) is -0.434. The highest BCUT2D eigenvalue weighted by Gasteiger charge is 2.54. The number of urea groups is 1. The van der Waals surface area contributed by atoms with Crippen molar-refractivity contribution in [2.45, 2.75) is 63.5 Å². The summed E-state index contributed by atoms with van der Waals surface area (Å²) in [5, 5.41) is 3.02. The SMILES string of the molecule is CCCN1CCC2(CC1)NC(=O)N(C1CCCN(C(=O)C3CC3)C1)C2=O. The van der Waals surface area contributed by atoms with Crippen molar-refractivity contribution in [2.24, 2.45) is 5.92 Å². The summed E-state index contributed by atoms with van der Waals surface area (Å²) >= 11 is 0. The summed E-state index contributed by atoms with van der Waals surface area (Å²) in [6.45, 7) is 6.17. The van der Waals surface area contributed by atoms with Crippen molar-refractivity contribution in [1.82, 2.24) is 20.0 Å². The Hall–Kier alpha value is -1.63. The van der Waals surface area contributed by atoms with Crippen molar-refractivity contribution in [2.75, 3.05) is 32.7 Å². The Morgan fingerprint density at radius 2 is 1.88 bits per heavy atom. The Bertz CT molecular complexity index is 596. The zero-order chi connectivity index (χ0) is 18.3. The lowest BCUT2D eigenvalue weighted by molar-refractivity contribution is -0.139. The van der Waals surface area contributed by atoms with Crippen LogP contribution in [0.3, 0.4) is 0 Å². The van der Waals surface area contributed by atoms with Crippen molar-refractivity contribution >= 4 is 17.8 Å². The van der Waals surface area contributed by atoms with Gasteiger partial charge in [0.2, 0.25) is 5.91 Å². The van der Waals surface area contributed by atoms with Gasteiger partial charge in [-0.1, -0.05) is 6.92 Å². The Morgan fingerprint density at radius 3 is 2.54 bits per heavy atom. The third-order valence-corrected chi connectivity index (χ3v) is 6.44. The topological polar surface area (TPSA) is 73.0 Å². The minimum atomic E-state index is -0.718. The van der Waals surface area contributed by atoms with E-state index in [-0.39, 0.29) is 29.8 Å². The molecule has 0 aromatic rings. The molecule has 3 saturated heterocycles. The van der Waals surface area contributed by atoms with Crippen LogP contribution in [-0.2, 0) is 9.59 Å². The zero-order valence-corrected chi connectivity index (χ0v) is 15.7. The summed E-state index contributed by atoms with van der Waals surface area (Å²) in [4.78, 5) is 43.9. The van der Waals surface area contributed by atoms with Gasteiger partial charge in [0.1, 0.15) is 5.54 Å². The first-order valence-corrected chi connectivity index (χ1v) is 10.2. The van der Waals surface area contributed by atoms with Crippen LogP contribution in [0.25, 0.3) is 0 Å². The van der Waals surface area contributed by atoms with E-state index >= 15 is 0 Å². The molecule has 0 aromatic heterocycles. The van der Waals surface area contributed by atoms with Crippen LogP contribution in [0.15, 0.2) is 0 Å². The van der Waals surface area contributed by atoms with Crippen LogP contribution in [0.4, 0.5) is 4.79 Å². The molecule has 3 aliphatic heterocycles. The van der Waals surface area contributed by atoms with E-state index in [4.69, 9.17) is 0 Å². The van der Waals surface area contributed by atoms with E-state index in [9.17, 15) is 14.4 Å². The molecule has 0 aromatic carbocycles. The van der Waals surface area contributed by atoms with Crippen molar-refractivity contribution < 1.29 is 14.4 Å². The largest absolute Gasteiger partial charge is 0.340 e. The molecule has 1 unspecified atom stereocenters. The number of piperidine rings is 2. The molecule has 7 heteroatoms. The van der Waals surface area contributed by atoms with E-state index in [2.05, 4.69) is 17.1 Å². The standard InChI is InChI=1S/C19H30N4O3/c1-2-9-21-11-7-19(8-12-21)17(25)23(18(26)20-19)15-4-3-10-22(13-15)16(24)14-5-6-14/h14-15H,2-13H2,1H3,(H,20,26). The van der Waals surface area contributed by atoms with Gasteiger partial charge in [-0.15, -0.1) is 0 Å². The number of hydrogen-bond acceptors (Lipinski definition) is 4. The van der Waals surface area contributed by atoms with Crippen LogP contribution in [0.1, 0.15) is 51.9 Å². The Labute approximate surface area is 155 Å². The molecule has 4 fully saturated rings. The molecule has 4 rings (SSSR count). The first-order valence-electron chi connectivity index (χ1n) is 10.2. The quantitative estimate of drug-likeness (QED) is 0.763. The third kappa shape index (κ3) is 3.10. The molecule has 3 heterocycles. The number of nitrogens with one attached hydrogen (secondary N) is 1. The van der Waals surface area contributed by atoms with Crippen molar-refractivity contribution in [1.29, 1.82) is 0 Å². The summed E-state index contributed by atoms with van der Waals surface area (Å²) in [7, 11) is 0. The van der Waals surface area contributed by atoms with Gasteiger partial charge in [0.15, 0.2) is 0 Å². The van der Waals surface area contributed by atoms with Crippen LogP contribution >= 0.6 is 0 Å². The molecule has 26 heavy (non-hydrogen) atoms. The van der Waals surface area contributed by atoms with E-state index in [1.807, 2.05) is 4.90 Å². The van der Waals surface area contributed by atoms with Gasteiger partial charge in [0, 0.05) is 32.1 Å². The first kappa shape index (κ1) is 17.8. The highest BCUT2D eigenvalue weighted by molar-refractivity contribution is 6.07. The van der Waals surface area contributed by atoms with Gasteiger partial charge in [-0.05, 0) is 51.5 Å². The molecule has 1 atom stereocenters. The smallest absolute Gasteiger partial charge is 0.325 e. The molecule has 1 N–H and O–H groups in total. The number of carbonyl (C=O) groups is 3. The molecule has 4 aliphatic rings. The minimum Gasteiger partial charge on any atom is -0.340 e. The monoisotopic (exact) mass is 362 g/mol. The maximum Gasteiger partial charge on any atom is 0.325 e.